The Kier molecular flexibility index (Phi) is 5.03. The number of pyridine rings is 1. The van der Waals surface area contributed by atoms with Gasteiger partial charge in [-0.25, -0.2) is 0 Å². The Hall–Kier alpha value is -1.69. The molecule has 96 valence electrons. The zero-order valence-electron chi connectivity index (χ0n) is 11.5. The molecule has 0 radical (unpaired) electrons. The molecule has 3 nitrogen and oxygen atoms in total. The Morgan fingerprint density at radius 2 is 1.94 bits per heavy atom. The first kappa shape index (κ1) is 14.4. The molecule has 0 aliphatic rings. The summed E-state index contributed by atoms with van der Waals surface area (Å²) in [6, 6.07) is 6.11. The van der Waals surface area contributed by atoms with Gasteiger partial charge >= 0.3 is 0 Å². The molecule has 0 amide bonds. The average Bonchev–Trinajstić information content (AvgIpc) is 2.33. The number of Topliss-reactive ketones (excluding diaryl/α,β-unsaturated/α-hetero) is 1. The van der Waals surface area contributed by atoms with E-state index in [1.807, 2.05) is 39.8 Å². The summed E-state index contributed by atoms with van der Waals surface area (Å²) < 4.78 is 0. The maximum Gasteiger partial charge on any atom is 0.140 e. The zero-order valence-corrected chi connectivity index (χ0v) is 11.5. The summed E-state index contributed by atoms with van der Waals surface area (Å²) in [5.41, 5.74) is 2.83. The van der Waals surface area contributed by atoms with Crippen LogP contribution in [0.4, 0.5) is 0 Å². The summed E-state index contributed by atoms with van der Waals surface area (Å²) >= 11 is 0. The van der Waals surface area contributed by atoms with Crippen molar-refractivity contribution >= 4 is 5.78 Å². The lowest BCUT2D eigenvalue weighted by Gasteiger charge is -2.17. The summed E-state index contributed by atoms with van der Waals surface area (Å²) in [6.45, 7) is 7.58. The Labute approximate surface area is 109 Å². The van der Waals surface area contributed by atoms with Crippen LogP contribution in [0.2, 0.25) is 0 Å². The number of rotatable bonds is 5. The Bertz CT molecular complexity index is 454. The molecule has 1 rings (SSSR count). The first-order valence-electron chi connectivity index (χ1n) is 6.35. The summed E-state index contributed by atoms with van der Waals surface area (Å²) in [5.74, 6) is -0.0913. The molecule has 0 bridgehead atoms. The van der Waals surface area contributed by atoms with Gasteiger partial charge in [0.1, 0.15) is 5.78 Å². The van der Waals surface area contributed by atoms with Crippen molar-refractivity contribution in [3.8, 4) is 6.07 Å². The molecular formula is C15H20N2O. The van der Waals surface area contributed by atoms with E-state index in [1.165, 1.54) is 0 Å². The smallest absolute Gasteiger partial charge is 0.140 e. The van der Waals surface area contributed by atoms with Crippen molar-refractivity contribution in [1.29, 1.82) is 5.26 Å². The highest BCUT2D eigenvalue weighted by Crippen LogP contribution is 2.26. The Morgan fingerprint density at radius 1 is 1.39 bits per heavy atom. The lowest BCUT2D eigenvalue weighted by Crippen LogP contribution is -2.15. The zero-order chi connectivity index (χ0) is 13.7. The number of nitrogens with zero attached hydrogens (tertiary/aromatic N) is 2. The molecule has 0 N–H and O–H groups in total. The van der Waals surface area contributed by atoms with Crippen LogP contribution in [0.5, 0.6) is 0 Å². The molecule has 0 aliphatic carbocycles. The van der Waals surface area contributed by atoms with Crippen LogP contribution in [0.25, 0.3) is 0 Å². The van der Waals surface area contributed by atoms with Crippen molar-refractivity contribution in [3.63, 3.8) is 0 Å². The number of aryl methyl sites for hydroxylation is 2. The van der Waals surface area contributed by atoms with E-state index in [4.69, 9.17) is 5.26 Å². The first-order valence-corrected chi connectivity index (χ1v) is 6.35. The fourth-order valence-corrected chi connectivity index (χ4v) is 2.17. The summed E-state index contributed by atoms with van der Waals surface area (Å²) in [6.07, 6.45) is 1.09. The molecule has 0 aliphatic heterocycles. The van der Waals surface area contributed by atoms with E-state index in [-0.39, 0.29) is 17.6 Å². The van der Waals surface area contributed by atoms with E-state index in [0.29, 0.717) is 12.8 Å². The van der Waals surface area contributed by atoms with Gasteiger partial charge in [0.15, 0.2) is 0 Å². The highest BCUT2D eigenvalue weighted by Gasteiger charge is 2.22. The second kappa shape index (κ2) is 6.30. The van der Waals surface area contributed by atoms with Crippen molar-refractivity contribution in [2.75, 3.05) is 0 Å². The maximum atomic E-state index is 12.1. The van der Waals surface area contributed by atoms with Gasteiger partial charge in [-0.1, -0.05) is 6.92 Å². The number of hydrogen-bond acceptors (Lipinski definition) is 3. The SMILES string of the molecule is CCC(=O)C(CC(C)C#N)c1cc(C)nc(C)c1. The lowest BCUT2D eigenvalue weighted by atomic mass is 9.85. The van der Waals surface area contributed by atoms with Gasteiger partial charge in [0, 0.05) is 29.6 Å². The highest BCUT2D eigenvalue weighted by atomic mass is 16.1. The third kappa shape index (κ3) is 3.66. The number of ketones is 1. The summed E-state index contributed by atoms with van der Waals surface area (Å²) in [7, 11) is 0. The molecule has 1 aromatic rings. The fraction of sp³-hybridized carbons (Fsp3) is 0.533. The summed E-state index contributed by atoms with van der Waals surface area (Å²) in [5, 5.41) is 8.92. The van der Waals surface area contributed by atoms with Gasteiger partial charge in [-0.15, -0.1) is 0 Å². The minimum Gasteiger partial charge on any atom is -0.299 e. The predicted molar refractivity (Wildman–Crippen MR) is 71.1 cm³/mol. The average molecular weight is 244 g/mol. The van der Waals surface area contributed by atoms with Gasteiger partial charge in [-0.3, -0.25) is 9.78 Å². The van der Waals surface area contributed by atoms with Crippen molar-refractivity contribution in [2.45, 2.75) is 46.5 Å². The van der Waals surface area contributed by atoms with Crippen LogP contribution in [-0.4, -0.2) is 10.8 Å². The monoisotopic (exact) mass is 244 g/mol. The number of aromatic nitrogens is 1. The topological polar surface area (TPSA) is 53.8 Å². The van der Waals surface area contributed by atoms with Crippen LogP contribution in [0.3, 0.4) is 0 Å². The van der Waals surface area contributed by atoms with E-state index >= 15 is 0 Å². The third-order valence-electron chi connectivity index (χ3n) is 3.05. The number of nitriles is 1. The summed E-state index contributed by atoms with van der Waals surface area (Å²) in [4.78, 5) is 16.4. The Balaban J connectivity index is 3.09. The second-order valence-corrected chi connectivity index (χ2v) is 4.82. The molecule has 3 heteroatoms. The fourth-order valence-electron chi connectivity index (χ4n) is 2.17. The van der Waals surface area contributed by atoms with Gasteiger partial charge in [0.25, 0.3) is 0 Å². The van der Waals surface area contributed by atoms with Gasteiger partial charge in [0.2, 0.25) is 0 Å². The number of carbonyl (C=O) groups excluding carboxylic acids is 1. The van der Waals surface area contributed by atoms with Crippen molar-refractivity contribution in [3.05, 3.63) is 29.1 Å². The van der Waals surface area contributed by atoms with Crippen molar-refractivity contribution < 1.29 is 4.79 Å². The quantitative estimate of drug-likeness (QED) is 0.798. The van der Waals surface area contributed by atoms with Gasteiger partial charge in [0.05, 0.1) is 6.07 Å². The van der Waals surface area contributed by atoms with Crippen LogP contribution in [0.1, 0.15) is 49.6 Å². The van der Waals surface area contributed by atoms with Crippen LogP contribution < -0.4 is 0 Å². The lowest BCUT2D eigenvalue weighted by molar-refractivity contribution is -0.120. The standard InChI is InChI=1S/C15H20N2O/c1-5-15(18)14(6-10(2)9-16)13-7-11(3)17-12(4)8-13/h7-8,10,14H,5-6H2,1-4H3. The minimum atomic E-state index is -0.176. The van der Waals surface area contributed by atoms with E-state index in [1.54, 1.807) is 0 Å². The van der Waals surface area contributed by atoms with Gasteiger partial charge in [-0.05, 0) is 44.9 Å². The van der Waals surface area contributed by atoms with E-state index < -0.39 is 0 Å². The molecule has 2 atom stereocenters. The van der Waals surface area contributed by atoms with E-state index in [2.05, 4.69) is 11.1 Å². The molecule has 0 saturated carbocycles. The third-order valence-corrected chi connectivity index (χ3v) is 3.05. The largest absolute Gasteiger partial charge is 0.299 e. The van der Waals surface area contributed by atoms with Crippen molar-refractivity contribution in [2.24, 2.45) is 5.92 Å². The van der Waals surface area contributed by atoms with Crippen LogP contribution in [-0.2, 0) is 4.79 Å². The van der Waals surface area contributed by atoms with E-state index in [0.717, 1.165) is 17.0 Å². The van der Waals surface area contributed by atoms with Gasteiger partial charge < -0.3 is 0 Å². The van der Waals surface area contributed by atoms with Gasteiger partial charge in [-0.2, -0.15) is 5.26 Å². The molecular weight excluding hydrogens is 224 g/mol. The first-order chi connectivity index (χ1) is 8.47. The molecule has 0 aromatic carbocycles. The van der Waals surface area contributed by atoms with Crippen LogP contribution in [0.15, 0.2) is 12.1 Å². The molecule has 2 unspecified atom stereocenters. The molecule has 1 aromatic heterocycles. The van der Waals surface area contributed by atoms with Crippen molar-refractivity contribution in [1.82, 2.24) is 4.98 Å². The number of carbonyl (C=O) groups is 1. The van der Waals surface area contributed by atoms with Crippen LogP contribution >= 0.6 is 0 Å². The number of hydrogen-bond donors (Lipinski definition) is 0. The normalized spacial score (nSPS) is 13.7. The molecule has 0 fully saturated rings. The highest BCUT2D eigenvalue weighted by molar-refractivity contribution is 5.85. The Morgan fingerprint density at radius 3 is 2.39 bits per heavy atom. The molecule has 1 heterocycles. The van der Waals surface area contributed by atoms with Crippen LogP contribution in [0, 0.1) is 31.1 Å². The maximum absolute atomic E-state index is 12.1. The molecule has 18 heavy (non-hydrogen) atoms. The molecule has 0 spiro atoms. The second-order valence-electron chi connectivity index (χ2n) is 4.82. The van der Waals surface area contributed by atoms with E-state index in [9.17, 15) is 4.79 Å². The molecule has 0 saturated heterocycles. The minimum absolute atomic E-state index is 0.112. The predicted octanol–water partition coefficient (Wildman–Crippen LogP) is 3.31.